The quantitative estimate of drug-likeness (QED) is 0.857. The maximum Gasteiger partial charge on any atom is 0.241 e. The minimum atomic E-state index is -3.59. The van der Waals surface area contributed by atoms with Crippen molar-refractivity contribution >= 4 is 27.0 Å². The van der Waals surface area contributed by atoms with Crippen LogP contribution in [-0.4, -0.2) is 19.9 Å². The molecule has 0 aliphatic rings. The summed E-state index contributed by atoms with van der Waals surface area (Å²) in [6, 6.07) is 6.71. The Hall–Kier alpha value is -1.44. The zero-order valence-corrected chi connectivity index (χ0v) is 13.9. The van der Waals surface area contributed by atoms with Crippen molar-refractivity contribution in [3.8, 4) is 0 Å². The number of sulfonamides is 1. The molecule has 2 N–H and O–H groups in total. The van der Waals surface area contributed by atoms with Crippen LogP contribution in [0.25, 0.3) is 0 Å². The number of nitrogens with zero attached hydrogens (tertiary/aromatic N) is 1. The summed E-state index contributed by atoms with van der Waals surface area (Å²) >= 11 is 1.43. The van der Waals surface area contributed by atoms with Crippen LogP contribution in [0, 0.1) is 0 Å². The third-order valence-corrected chi connectivity index (χ3v) is 5.67. The molecule has 0 aliphatic carbocycles. The van der Waals surface area contributed by atoms with Gasteiger partial charge in [-0.05, 0) is 45.0 Å². The summed E-state index contributed by atoms with van der Waals surface area (Å²) in [5.74, 6) is 0. The normalized spacial score (nSPS) is 12.3. The van der Waals surface area contributed by atoms with Crippen molar-refractivity contribution in [1.82, 2.24) is 9.71 Å². The first kappa shape index (κ1) is 15.9. The van der Waals surface area contributed by atoms with Crippen molar-refractivity contribution in [3.05, 3.63) is 40.8 Å². The van der Waals surface area contributed by atoms with Crippen molar-refractivity contribution in [3.63, 3.8) is 0 Å². The van der Waals surface area contributed by atoms with E-state index in [2.05, 4.69) is 15.0 Å². The molecule has 0 aliphatic heterocycles. The molecule has 0 amide bonds. The molecule has 7 heteroatoms. The van der Waals surface area contributed by atoms with Crippen LogP contribution < -0.4 is 10.0 Å². The van der Waals surface area contributed by atoms with Gasteiger partial charge >= 0.3 is 0 Å². The molecule has 0 bridgehead atoms. The lowest BCUT2D eigenvalue weighted by atomic mass is 10.1. The second kappa shape index (κ2) is 6.13. The van der Waals surface area contributed by atoms with Gasteiger partial charge in [-0.3, -0.25) is 0 Å². The molecule has 21 heavy (non-hydrogen) atoms. The van der Waals surface area contributed by atoms with Crippen molar-refractivity contribution in [2.45, 2.75) is 31.2 Å². The molecule has 114 valence electrons. The van der Waals surface area contributed by atoms with E-state index in [9.17, 15) is 8.42 Å². The molecule has 2 aromatic rings. The number of nitrogens with one attached hydrogen (secondary N) is 2. The lowest BCUT2D eigenvalue weighted by molar-refractivity contribution is 0.470. The Bertz CT molecular complexity index is 678. The Morgan fingerprint density at radius 2 is 1.90 bits per heavy atom. The molecule has 0 saturated carbocycles. The average molecular weight is 325 g/mol. The summed E-state index contributed by atoms with van der Waals surface area (Å²) in [5, 5.41) is 5.69. The Kier molecular flexibility index (Phi) is 4.65. The standard InChI is InChI=1S/C14H19N3O2S2/c1-4-15-11-5-7-12(8-6-11)21(18,19)17-14(2,3)13-16-9-10-20-13/h5-10,15,17H,4H2,1-3H3. The average Bonchev–Trinajstić information content (AvgIpc) is 2.93. The highest BCUT2D eigenvalue weighted by Gasteiger charge is 2.29. The van der Waals surface area contributed by atoms with Crippen LogP contribution in [0.4, 0.5) is 5.69 Å². The Balaban J connectivity index is 2.22. The summed E-state index contributed by atoms with van der Waals surface area (Å²) in [6.45, 7) is 6.39. The molecule has 0 atom stereocenters. The van der Waals surface area contributed by atoms with Gasteiger partial charge in [-0.15, -0.1) is 11.3 Å². The molecule has 0 unspecified atom stereocenters. The third kappa shape index (κ3) is 3.81. The van der Waals surface area contributed by atoms with Crippen LogP contribution >= 0.6 is 11.3 Å². The lowest BCUT2D eigenvalue weighted by Gasteiger charge is -2.23. The molecular formula is C14H19N3O2S2. The van der Waals surface area contributed by atoms with E-state index in [0.717, 1.165) is 17.2 Å². The Morgan fingerprint density at radius 1 is 1.24 bits per heavy atom. The second-order valence-corrected chi connectivity index (χ2v) is 7.70. The molecular weight excluding hydrogens is 306 g/mol. The molecule has 0 spiro atoms. The SMILES string of the molecule is CCNc1ccc(S(=O)(=O)NC(C)(C)c2nccs2)cc1. The predicted molar refractivity (Wildman–Crippen MR) is 86.1 cm³/mol. The summed E-state index contributed by atoms with van der Waals surface area (Å²) in [7, 11) is -3.59. The van der Waals surface area contributed by atoms with E-state index in [1.54, 1.807) is 44.3 Å². The van der Waals surface area contributed by atoms with Gasteiger partial charge in [0, 0.05) is 23.8 Å². The first-order valence-electron chi connectivity index (χ1n) is 6.63. The first-order valence-corrected chi connectivity index (χ1v) is 8.99. The molecule has 0 radical (unpaired) electrons. The van der Waals surface area contributed by atoms with Gasteiger partial charge in [-0.25, -0.2) is 13.4 Å². The van der Waals surface area contributed by atoms with Gasteiger partial charge < -0.3 is 5.32 Å². The van der Waals surface area contributed by atoms with Crippen LogP contribution in [0.2, 0.25) is 0 Å². The van der Waals surface area contributed by atoms with Gasteiger partial charge in [0.1, 0.15) is 5.01 Å². The minimum Gasteiger partial charge on any atom is -0.385 e. The fraction of sp³-hybridized carbons (Fsp3) is 0.357. The molecule has 0 saturated heterocycles. The van der Waals surface area contributed by atoms with Gasteiger partial charge in [0.2, 0.25) is 10.0 Å². The molecule has 0 fully saturated rings. The van der Waals surface area contributed by atoms with Gasteiger partial charge in [-0.1, -0.05) is 0 Å². The number of aromatic nitrogens is 1. The first-order chi connectivity index (χ1) is 9.85. The van der Waals surface area contributed by atoms with Crippen LogP contribution in [0.5, 0.6) is 0 Å². The van der Waals surface area contributed by atoms with Gasteiger partial charge in [0.25, 0.3) is 0 Å². The molecule has 5 nitrogen and oxygen atoms in total. The second-order valence-electron chi connectivity index (χ2n) is 5.12. The van der Waals surface area contributed by atoms with Crippen LogP contribution in [0.1, 0.15) is 25.8 Å². The van der Waals surface area contributed by atoms with E-state index in [-0.39, 0.29) is 4.90 Å². The van der Waals surface area contributed by atoms with E-state index in [1.807, 2.05) is 12.3 Å². The summed E-state index contributed by atoms with van der Waals surface area (Å²) in [6.07, 6.45) is 1.67. The van der Waals surface area contributed by atoms with E-state index >= 15 is 0 Å². The largest absolute Gasteiger partial charge is 0.385 e. The van der Waals surface area contributed by atoms with Gasteiger partial charge in [-0.2, -0.15) is 4.72 Å². The van der Waals surface area contributed by atoms with E-state index in [1.165, 1.54) is 11.3 Å². The number of hydrogen-bond acceptors (Lipinski definition) is 5. The zero-order chi connectivity index (χ0) is 15.5. The number of anilines is 1. The Morgan fingerprint density at radius 3 is 2.43 bits per heavy atom. The number of hydrogen-bond donors (Lipinski definition) is 2. The monoisotopic (exact) mass is 325 g/mol. The zero-order valence-electron chi connectivity index (χ0n) is 12.3. The highest BCUT2D eigenvalue weighted by atomic mass is 32.2. The third-order valence-electron chi connectivity index (χ3n) is 2.90. The van der Waals surface area contributed by atoms with Crippen LogP contribution in [0.3, 0.4) is 0 Å². The summed E-state index contributed by atoms with van der Waals surface area (Å²) in [4.78, 5) is 4.43. The predicted octanol–water partition coefficient (Wildman–Crippen LogP) is 2.79. The van der Waals surface area contributed by atoms with Crippen molar-refractivity contribution < 1.29 is 8.42 Å². The van der Waals surface area contributed by atoms with Crippen LogP contribution in [0.15, 0.2) is 40.7 Å². The van der Waals surface area contributed by atoms with Crippen LogP contribution in [-0.2, 0) is 15.6 Å². The maximum absolute atomic E-state index is 12.5. The van der Waals surface area contributed by atoms with E-state index in [4.69, 9.17) is 0 Å². The fourth-order valence-electron chi connectivity index (χ4n) is 1.93. The van der Waals surface area contributed by atoms with Gasteiger partial charge in [0.05, 0.1) is 10.4 Å². The summed E-state index contributed by atoms with van der Waals surface area (Å²) in [5.41, 5.74) is 0.156. The van der Waals surface area contributed by atoms with Crippen molar-refractivity contribution in [1.29, 1.82) is 0 Å². The van der Waals surface area contributed by atoms with E-state index in [0.29, 0.717) is 0 Å². The molecule has 1 aromatic heterocycles. The number of benzene rings is 1. The highest BCUT2D eigenvalue weighted by molar-refractivity contribution is 7.89. The molecule has 1 aromatic carbocycles. The smallest absolute Gasteiger partial charge is 0.241 e. The molecule has 2 rings (SSSR count). The lowest BCUT2D eigenvalue weighted by Crippen LogP contribution is -2.40. The summed E-state index contributed by atoms with van der Waals surface area (Å²) < 4.78 is 27.6. The number of thiazole rings is 1. The number of rotatable bonds is 6. The fourth-order valence-corrected chi connectivity index (χ4v) is 4.09. The topological polar surface area (TPSA) is 71.1 Å². The Labute approximate surface area is 129 Å². The van der Waals surface area contributed by atoms with E-state index < -0.39 is 15.6 Å². The highest BCUT2D eigenvalue weighted by Crippen LogP contribution is 2.25. The minimum absolute atomic E-state index is 0.244. The molecule has 1 heterocycles. The van der Waals surface area contributed by atoms with Crippen molar-refractivity contribution in [2.75, 3.05) is 11.9 Å². The van der Waals surface area contributed by atoms with Gasteiger partial charge in [0.15, 0.2) is 0 Å². The van der Waals surface area contributed by atoms with Crippen molar-refractivity contribution in [2.24, 2.45) is 0 Å². The maximum atomic E-state index is 12.5.